The van der Waals surface area contributed by atoms with Crippen LogP contribution in [-0.2, 0) is 10.0 Å². The Hall–Kier alpha value is -0.530. The second-order valence-corrected chi connectivity index (χ2v) is 6.26. The van der Waals surface area contributed by atoms with E-state index in [4.69, 9.17) is 6.42 Å². The van der Waals surface area contributed by atoms with Gasteiger partial charge in [0.05, 0.1) is 19.3 Å². The fourth-order valence-electron chi connectivity index (χ4n) is 1.29. The van der Waals surface area contributed by atoms with Gasteiger partial charge in [-0.2, -0.15) is 0 Å². The molecule has 0 aliphatic heterocycles. The van der Waals surface area contributed by atoms with Gasteiger partial charge >= 0.3 is 0 Å². The average Bonchev–Trinajstić information content (AvgIpc) is 2.19. The molecule has 0 saturated carbocycles. The van der Waals surface area contributed by atoms with Gasteiger partial charge in [-0.15, -0.1) is 30.4 Å². The highest BCUT2D eigenvalue weighted by Crippen LogP contribution is 2.04. The molecule has 0 aromatic carbocycles. The third-order valence-electron chi connectivity index (χ3n) is 1.80. The van der Waals surface area contributed by atoms with Gasteiger partial charge in [0.1, 0.15) is 0 Å². The largest absolute Gasteiger partial charge is 0.357 e. The van der Waals surface area contributed by atoms with Crippen LogP contribution in [0.25, 0.3) is 0 Å². The van der Waals surface area contributed by atoms with Gasteiger partial charge in [-0.1, -0.05) is 5.92 Å². The fourth-order valence-corrected chi connectivity index (χ4v) is 2.36. The lowest BCUT2D eigenvalue weighted by atomic mass is 10.1. The lowest BCUT2D eigenvalue weighted by Crippen LogP contribution is -2.46. The van der Waals surface area contributed by atoms with Gasteiger partial charge in [-0.25, -0.2) is 13.1 Å². The second kappa shape index (κ2) is 9.39. The van der Waals surface area contributed by atoms with Crippen LogP contribution in [0.5, 0.6) is 0 Å². The summed E-state index contributed by atoms with van der Waals surface area (Å²) in [6.45, 7) is 6.85. The van der Waals surface area contributed by atoms with Gasteiger partial charge in [0.25, 0.3) is 0 Å². The van der Waals surface area contributed by atoms with E-state index in [1.165, 1.54) is 0 Å². The summed E-state index contributed by atoms with van der Waals surface area (Å²) in [6, 6.07) is 0. The van der Waals surface area contributed by atoms with Crippen LogP contribution in [0.1, 0.15) is 20.8 Å². The minimum Gasteiger partial charge on any atom is -0.357 e. The van der Waals surface area contributed by atoms with Crippen LogP contribution in [0, 0.1) is 12.3 Å². The summed E-state index contributed by atoms with van der Waals surface area (Å²) in [5, 5.41) is 5.95. The van der Waals surface area contributed by atoms with Crippen molar-refractivity contribution in [3.05, 3.63) is 0 Å². The first-order valence-electron chi connectivity index (χ1n) is 5.65. The standard InChI is InChI=1S/C11H22N4O2S.HI/c1-6-8-13-10(12-7-2)14-9-11(3,4)15-18(5,16)17;/h1,15H,7-9H2,2-5H3,(H2,12,13,14);1H. The number of hydrogen-bond acceptors (Lipinski definition) is 3. The van der Waals surface area contributed by atoms with Crippen molar-refractivity contribution in [2.24, 2.45) is 4.99 Å². The lowest BCUT2D eigenvalue weighted by molar-refractivity contribution is 0.465. The first-order valence-corrected chi connectivity index (χ1v) is 7.54. The van der Waals surface area contributed by atoms with Gasteiger partial charge in [0.2, 0.25) is 10.0 Å². The smallest absolute Gasteiger partial charge is 0.209 e. The molecule has 0 aromatic heterocycles. The molecular weight excluding hydrogens is 379 g/mol. The summed E-state index contributed by atoms with van der Waals surface area (Å²) in [6.07, 6.45) is 6.28. The van der Waals surface area contributed by atoms with E-state index in [1.54, 1.807) is 13.8 Å². The third kappa shape index (κ3) is 12.3. The van der Waals surface area contributed by atoms with Crippen molar-refractivity contribution in [1.82, 2.24) is 15.4 Å². The Morgan fingerprint density at radius 1 is 1.37 bits per heavy atom. The third-order valence-corrected chi connectivity index (χ3v) is 2.72. The van der Waals surface area contributed by atoms with Crippen molar-refractivity contribution >= 4 is 40.0 Å². The molecule has 0 saturated heterocycles. The molecule has 0 spiro atoms. The van der Waals surface area contributed by atoms with Crippen LogP contribution in [0.15, 0.2) is 4.99 Å². The van der Waals surface area contributed by atoms with E-state index >= 15 is 0 Å². The van der Waals surface area contributed by atoms with Crippen molar-refractivity contribution in [1.29, 1.82) is 0 Å². The first kappa shape index (κ1) is 20.8. The molecule has 3 N–H and O–H groups in total. The number of sulfonamides is 1. The minimum atomic E-state index is -3.25. The molecule has 0 aliphatic carbocycles. The van der Waals surface area contributed by atoms with Gasteiger partial charge in [0, 0.05) is 12.1 Å². The molecule has 6 nitrogen and oxygen atoms in total. The molecule has 0 radical (unpaired) electrons. The Kier molecular flexibility index (Phi) is 10.3. The highest BCUT2D eigenvalue weighted by atomic mass is 127. The summed E-state index contributed by atoms with van der Waals surface area (Å²) in [4.78, 5) is 4.28. The van der Waals surface area contributed by atoms with E-state index in [9.17, 15) is 8.42 Å². The minimum absolute atomic E-state index is 0. The fraction of sp³-hybridized carbons (Fsp3) is 0.727. The van der Waals surface area contributed by atoms with E-state index in [1.807, 2.05) is 6.92 Å². The molecule has 0 aliphatic rings. The Labute approximate surface area is 133 Å². The van der Waals surface area contributed by atoms with Crippen LogP contribution in [0.4, 0.5) is 0 Å². The molecule has 8 heteroatoms. The van der Waals surface area contributed by atoms with Crippen LogP contribution in [0.2, 0.25) is 0 Å². The highest BCUT2D eigenvalue weighted by Gasteiger charge is 2.21. The molecule has 0 heterocycles. The highest BCUT2D eigenvalue weighted by molar-refractivity contribution is 14.0. The lowest BCUT2D eigenvalue weighted by Gasteiger charge is -2.23. The monoisotopic (exact) mass is 402 g/mol. The Morgan fingerprint density at radius 2 is 1.95 bits per heavy atom. The van der Waals surface area contributed by atoms with E-state index in [0.29, 0.717) is 25.6 Å². The summed E-state index contributed by atoms with van der Waals surface area (Å²) < 4.78 is 24.9. The number of aliphatic imine (C=N–C) groups is 1. The Balaban J connectivity index is 0. The van der Waals surface area contributed by atoms with Crippen molar-refractivity contribution in [3.63, 3.8) is 0 Å². The SMILES string of the molecule is C#CCNC(=NCC(C)(C)NS(C)(=O)=O)NCC.I. The molecule has 112 valence electrons. The number of hydrogen-bond donors (Lipinski definition) is 3. The molecule has 0 atom stereocenters. The second-order valence-electron chi connectivity index (χ2n) is 4.51. The summed E-state index contributed by atoms with van der Waals surface area (Å²) in [5.74, 6) is 3.02. The maximum Gasteiger partial charge on any atom is 0.209 e. The quantitative estimate of drug-likeness (QED) is 0.255. The normalized spacial score (nSPS) is 12.3. The number of guanidine groups is 1. The maximum absolute atomic E-state index is 11.2. The number of rotatable bonds is 6. The van der Waals surface area contributed by atoms with Gasteiger partial charge in [-0.3, -0.25) is 4.99 Å². The number of nitrogens with one attached hydrogen (secondary N) is 3. The van der Waals surface area contributed by atoms with Crippen molar-refractivity contribution in [3.8, 4) is 12.3 Å². The molecule has 19 heavy (non-hydrogen) atoms. The number of terminal acetylenes is 1. The molecule has 0 aromatic rings. The predicted molar refractivity (Wildman–Crippen MR) is 90.3 cm³/mol. The number of halogens is 1. The van der Waals surface area contributed by atoms with E-state index in [0.717, 1.165) is 6.26 Å². The maximum atomic E-state index is 11.2. The van der Waals surface area contributed by atoms with E-state index < -0.39 is 15.6 Å². The molecule has 0 unspecified atom stereocenters. The molecule has 0 bridgehead atoms. The van der Waals surface area contributed by atoms with Gasteiger partial charge in [-0.05, 0) is 20.8 Å². The van der Waals surface area contributed by atoms with Crippen LogP contribution in [-0.4, -0.2) is 45.8 Å². The zero-order valence-corrected chi connectivity index (χ0v) is 14.9. The zero-order chi connectivity index (χ0) is 14.2. The summed E-state index contributed by atoms with van der Waals surface area (Å²) in [5.41, 5.74) is -0.647. The van der Waals surface area contributed by atoms with E-state index in [-0.39, 0.29) is 24.0 Å². The molecule has 0 rings (SSSR count). The Morgan fingerprint density at radius 3 is 2.37 bits per heavy atom. The van der Waals surface area contributed by atoms with E-state index in [2.05, 4.69) is 26.3 Å². The Bertz CT molecular complexity index is 426. The average molecular weight is 402 g/mol. The zero-order valence-electron chi connectivity index (χ0n) is 11.8. The first-order chi connectivity index (χ1) is 8.20. The van der Waals surface area contributed by atoms with Crippen molar-refractivity contribution < 1.29 is 8.42 Å². The summed E-state index contributed by atoms with van der Waals surface area (Å²) in [7, 11) is -3.25. The summed E-state index contributed by atoms with van der Waals surface area (Å²) >= 11 is 0. The van der Waals surface area contributed by atoms with Crippen LogP contribution < -0.4 is 15.4 Å². The number of nitrogens with zero attached hydrogens (tertiary/aromatic N) is 1. The van der Waals surface area contributed by atoms with Gasteiger partial charge in [0.15, 0.2) is 5.96 Å². The van der Waals surface area contributed by atoms with Crippen molar-refractivity contribution in [2.75, 3.05) is 25.9 Å². The van der Waals surface area contributed by atoms with Gasteiger partial charge < -0.3 is 10.6 Å². The topological polar surface area (TPSA) is 82.6 Å². The predicted octanol–water partition coefficient (Wildman–Crippen LogP) is 0.121. The molecule has 0 amide bonds. The van der Waals surface area contributed by atoms with Crippen LogP contribution >= 0.6 is 24.0 Å². The molecule has 0 fully saturated rings. The molecular formula is C11H23IN4O2S. The van der Waals surface area contributed by atoms with Crippen LogP contribution in [0.3, 0.4) is 0 Å². The van der Waals surface area contributed by atoms with Crippen molar-refractivity contribution in [2.45, 2.75) is 26.3 Å².